The molecule has 0 amide bonds. The molecule has 1 aromatic heterocycles. The van der Waals surface area contributed by atoms with E-state index >= 15 is 0 Å². The number of aromatic nitrogens is 1. The first-order valence-electron chi connectivity index (χ1n) is 6.40. The first-order valence-corrected chi connectivity index (χ1v) is 8.71. The van der Waals surface area contributed by atoms with Crippen molar-refractivity contribution < 1.29 is 22.7 Å². The zero-order chi connectivity index (χ0) is 14.3. The summed E-state index contributed by atoms with van der Waals surface area (Å²) in [6, 6.07) is 1.43. The van der Waals surface area contributed by atoms with Gasteiger partial charge in [-0.3, -0.25) is 0 Å². The second kappa shape index (κ2) is 5.05. The van der Waals surface area contributed by atoms with Crippen LogP contribution >= 0.6 is 10.7 Å². The normalized spacial score (nSPS) is 22.9. The van der Waals surface area contributed by atoms with Gasteiger partial charge in [0.15, 0.2) is 0 Å². The molecule has 0 N–H and O–H groups in total. The van der Waals surface area contributed by atoms with Gasteiger partial charge in [-0.25, -0.2) is 13.2 Å². The second-order valence-corrected chi connectivity index (χ2v) is 7.59. The molecule has 1 unspecified atom stereocenters. The molecule has 110 valence electrons. The van der Waals surface area contributed by atoms with Crippen LogP contribution in [-0.2, 0) is 18.5 Å². The Morgan fingerprint density at radius 1 is 1.40 bits per heavy atom. The maximum atomic E-state index is 12.2. The highest BCUT2D eigenvalue weighted by atomic mass is 35.7. The Balaban J connectivity index is 1.86. The average Bonchev–Trinajstić information content (AvgIpc) is 2.90. The number of hydrogen-bond acceptors (Lipinski definition) is 5. The molecule has 1 aromatic rings. The van der Waals surface area contributed by atoms with Crippen LogP contribution in [0.25, 0.3) is 0 Å². The van der Waals surface area contributed by atoms with Crippen LogP contribution in [-0.4, -0.2) is 38.3 Å². The van der Waals surface area contributed by atoms with Gasteiger partial charge in [0.2, 0.25) is 0 Å². The third-order valence-electron chi connectivity index (χ3n) is 3.42. The van der Waals surface area contributed by atoms with Crippen LogP contribution in [0.15, 0.2) is 17.2 Å². The summed E-state index contributed by atoms with van der Waals surface area (Å²) in [5, 5.41) is 0. The molecular weight excluding hydrogens is 306 g/mol. The fraction of sp³-hybridized carbons (Fsp3) is 0.583. The molecule has 8 heteroatoms. The predicted molar refractivity (Wildman–Crippen MR) is 70.4 cm³/mol. The molecule has 1 saturated heterocycles. The summed E-state index contributed by atoms with van der Waals surface area (Å²) in [5.74, 6) is -0.529. The van der Waals surface area contributed by atoms with E-state index in [2.05, 4.69) is 0 Å². The molecule has 1 aliphatic carbocycles. The zero-order valence-corrected chi connectivity index (χ0v) is 12.2. The molecule has 0 spiro atoms. The van der Waals surface area contributed by atoms with E-state index in [9.17, 15) is 13.2 Å². The molecular formula is C12H14ClNO5S. The van der Waals surface area contributed by atoms with Crippen LogP contribution in [0.3, 0.4) is 0 Å². The van der Waals surface area contributed by atoms with Gasteiger partial charge < -0.3 is 14.0 Å². The van der Waals surface area contributed by atoms with Gasteiger partial charge in [-0.15, -0.1) is 0 Å². The van der Waals surface area contributed by atoms with E-state index in [1.165, 1.54) is 12.3 Å². The van der Waals surface area contributed by atoms with Gasteiger partial charge in [-0.1, -0.05) is 0 Å². The Hall–Kier alpha value is -1.05. The van der Waals surface area contributed by atoms with Crippen molar-refractivity contribution >= 4 is 25.7 Å². The number of carbonyl (C=O) groups excluding carboxylic acids is 1. The van der Waals surface area contributed by atoms with Crippen molar-refractivity contribution in [2.75, 3.05) is 13.2 Å². The number of halogens is 1. The molecule has 0 aromatic carbocycles. The van der Waals surface area contributed by atoms with E-state index in [1.807, 2.05) is 0 Å². The van der Waals surface area contributed by atoms with Crippen LogP contribution in [0.5, 0.6) is 0 Å². The van der Waals surface area contributed by atoms with E-state index in [0.29, 0.717) is 19.6 Å². The topological polar surface area (TPSA) is 74.6 Å². The minimum absolute atomic E-state index is 0.0688. The Bertz CT molecular complexity index is 628. The molecule has 3 rings (SSSR count). The number of rotatable bonds is 4. The molecule has 2 fully saturated rings. The molecule has 1 atom stereocenters. The highest BCUT2D eigenvalue weighted by Crippen LogP contribution is 2.38. The lowest BCUT2D eigenvalue weighted by Gasteiger charge is -2.11. The van der Waals surface area contributed by atoms with Crippen LogP contribution in [0.4, 0.5) is 0 Å². The lowest BCUT2D eigenvalue weighted by molar-refractivity contribution is 0.0258. The Labute approximate surface area is 121 Å². The highest BCUT2D eigenvalue weighted by molar-refractivity contribution is 8.13. The Kier molecular flexibility index (Phi) is 3.51. The highest BCUT2D eigenvalue weighted by Gasteiger charge is 2.32. The van der Waals surface area contributed by atoms with Gasteiger partial charge >= 0.3 is 5.97 Å². The first-order chi connectivity index (χ1) is 9.45. The lowest BCUT2D eigenvalue weighted by atomic mass is 10.3. The largest absolute Gasteiger partial charge is 0.455 e. The summed E-state index contributed by atoms with van der Waals surface area (Å²) in [7, 11) is 1.48. The molecule has 2 aliphatic rings. The van der Waals surface area contributed by atoms with Crippen molar-refractivity contribution in [2.45, 2.75) is 36.3 Å². The van der Waals surface area contributed by atoms with Gasteiger partial charge in [0.1, 0.15) is 16.7 Å². The third kappa shape index (κ3) is 2.84. The molecule has 20 heavy (non-hydrogen) atoms. The maximum absolute atomic E-state index is 12.2. The van der Waals surface area contributed by atoms with Gasteiger partial charge in [0.25, 0.3) is 9.05 Å². The SMILES string of the molecule is O=C(OC1CCOC1)c1cc(S(=O)(=O)Cl)cn1C1CC1. The summed E-state index contributed by atoms with van der Waals surface area (Å²) < 4.78 is 34.9. The van der Waals surface area contributed by atoms with Gasteiger partial charge in [-0.2, -0.15) is 0 Å². The summed E-state index contributed by atoms with van der Waals surface area (Å²) in [6.07, 6.45) is 3.64. The van der Waals surface area contributed by atoms with Crippen molar-refractivity contribution in [1.82, 2.24) is 4.57 Å². The Morgan fingerprint density at radius 3 is 2.70 bits per heavy atom. The van der Waals surface area contributed by atoms with Crippen molar-refractivity contribution in [3.63, 3.8) is 0 Å². The zero-order valence-electron chi connectivity index (χ0n) is 10.6. The fourth-order valence-electron chi connectivity index (χ4n) is 2.22. The van der Waals surface area contributed by atoms with Gasteiger partial charge in [0.05, 0.1) is 13.2 Å². The van der Waals surface area contributed by atoms with Crippen LogP contribution < -0.4 is 0 Å². The molecule has 0 radical (unpaired) electrons. The molecule has 2 heterocycles. The summed E-state index contributed by atoms with van der Waals surface area (Å²) in [6.45, 7) is 0.958. The molecule has 0 bridgehead atoms. The van der Waals surface area contributed by atoms with Crippen molar-refractivity contribution in [3.05, 3.63) is 18.0 Å². The minimum Gasteiger partial charge on any atom is -0.455 e. The lowest BCUT2D eigenvalue weighted by Crippen LogP contribution is -2.20. The first kappa shape index (κ1) is 13.9. The summed E-state index contributed by atoms with van der Waals surface area (Å²) in [4.78, 5) is 12.1. The van der Waals surface area contributed by atoms with Crippen molar-refractivity contribution in [1.29, 1.82) is 0 Å². The smallest absolute Gasteiger partial charge is 0.355 e. The maximum Gasteiger partial charge on any atom is 0.355 e. The number of nitrogens with zero attached hydrogens (tertiary/aromatic N) is 1. The predicted octanol–water partition coefficient (Wildman–Crippen LogP) is 1.70. The average molecular weight is 320 g/mol. The van der Waals surface area contributed by atoms with Gasteiger partial charge in [-0.05, 0) is 18.9 Å². The van der Waals surface area contributed by atoms with Crippen molar-refractivity contribution in [2.24, 2.45) is 0 Å². The number of esters is 1. The number of hydrogen-bond donors (Lipinski definition) is 0. The van der Waals surface area contributed by atoms with Crippen LogP contribution in [0.1, 0.15) is 35.8 Å². The standard InChI is InChI=1S/C12H14ClNO5S/c13-20(16,17)10-5-11(14(6-10)8-1-2-8)12(15)19-9-3-4-18-7-9/h5-6,8-9H,1-4,7H2. The van der Waals surface area contributed by atoms with Gasteiger partial charge in [0, 0.05) is 29.3 Å². The number of carbonyl (C=O) groups is 1. The second-order valence-electron chi connectivity index (χ2n) is 5.03. The van der Waals surface area contributed by atoms with E-state index in [0.717, 1.165) is 12.8 Å². The minimum atomic E-state index is -3.85. The van der Waals surface area contributed by atoms with Crippen LogP contribution in [0, 0.1) is 0 Å². The van der Waals surface area contributed by atoms with E-state index in [-0.39, 0.29) is 22.7 Å². The summed E-state index contributed by atoms with van der Waals surface area (Å²) in [5.41, 5.74) is 0.235. The molecule has 1 aliphatic heterocycles. The van der Waals surface area contributed by atoms with Crippen molar-refractivity contribution in [3.8, 4) is 0 Å². The third-order valence-corrected chi connectivity index (χ3v) is 4.74. The van der Waals surface area contributed by atoms with Crippen LogP contribution in [0.2, 0.25) is 0 Å². The van der Waals surface area contributed by atoms with E-state index in [1.54, 1.807) is 4.57 Å². The molecule has 1 saturated carbocycles. The quantitative estimate of drug-likeness (QED) is 0.623. The van der Waals surface area contributed by atoms with E-state index < -0.39 is 15.0 Å². The summed E-state index contributed by atoms with van der Waals surface area (Å²) >= 11 is 0. The Morgan fingerprint density at radius 2 is 2.15 bits per heavy atom. The number of ether oxygens (including phenoxy) is 2. The monoisotopic (exact) mass is 319 g/mol. The molecule has 6 nitrogen and oxygen atoms in total. The fourth-order valence-corrected chi connectivity index (χ4v) is 2.97. The van der Waals surface area contributed by atoms with E-state index in [4.69, 9.17) is 20.2 Å².